The van der Waals surface area contributed by atoms with Crippen LogP contribution in [0, 0.1) is 11.6 Å². The monoisotopic (exact) mass is 290 g/mol. The summed E-state index contributed by atoms with van der Waals surface area (Å²) in [5, 5.41) is 0. The molecule has 0 saturated carbocycles. The average Bonchev–Trinajstić information content (AvgIpc) is 2.99. The Hall–Kier alpha value is -2.08. The maximum atomic E-state index is 13.3. The highest BCUT2D eigenvalue weighted by Gasteiger charge is 2.25. The Kier molecular flexibility index (Phi) is 3.79. The first-order chi connectivity index (χ1) is 10.2. The summed E-state index contributed by atoms with van der Waals surface area (Å²) in [7, 11) is 0. The number of halogens is 2. The summed E-state index contributed by atoms with van der Waals surface area (Å²) in [6.45, 7) is 1.42. The third-order valence-corrected chi connectivity index (χ3v) is 3.76. The van der Waals surface area contributed by atoms with Crippen molar-refractivity contribution in [3.63, 3.8) is 0 Å². The second kappa shape index (κ2) is 5.73. The minimum atomic E-state index is -0.881. The van der Waals surface area contributed by atoms with Crippen molar-refractivity contribution < 1.29 is 8.78 Å². The summed E-state index contributed by atoms with van der Waals surface area (Å²) in [6.07, 6.45) is 3.71. The number of nitrogens with zero attached hydrogens (tertiary/aromatic N) is 3. The zero-order chi connectivity index (χ0) is 14.8. The largest absolute Gasteiger partial charge is 0.337 e. The zero-order valence-corrected chi connectivity index (χ0v) is 11.5. The number of benzene rings is 1. The molecular formula is C15H16F2N4. The highest BCUT2D eigenvalue weighted by Crippen LogP contribution is 2.25. The van der Waals surface area contributed by atoms with Gasteiger partial charge in [-0.3, -0.25) is 0 Å². The van der Waals surface area contributed by atoms with Crippen molar-refractivity contribution in [1.82, 2.24) is 9.97 Å². The molecule has 4 nitrogen and oxygen atoms in total. The van der Waals surface area contributed by atoms with Gasteiger partial charge in [-0.15, -0.1) is 0 Å². The van der Waals surface area contributed by atoms with Crippen LogP contribution in [0.2, 0.25) is 0 Å². The van der Waals surface area contributed by atoms with Crippen LogP contribution in [0.1, 0.15) is 12.8 Å². The maximum absolute atomic E-state index is 13.3. The van der Waals surface area contributed by atoms with Gasteiger partial charge in [0.15, 0.2) is 11.6 Å². The minimum absolute atomic E-state index is 0.241. The van der Waals surface area contributed by atoms with Gasteiger partial charge < -0.3 is 10.6 Å². The van der Waals surface area contributed by atoms with Gasteiger partial charge in [0.25, 0.3) is 0 Å². The van der Waals surface area contributed by atoms with Crippen LogP contribution in [0.5, 0.6) is 0 Å². The van der Waals surface area contributed by atoms with Crippen molar-refractivity contribution in [1.29, 1.82) is 0 Å². The molecule has 0 spiro atoms. The van der Waals surface area contributed by atoms with E-state index < -0.39 is 11.6 Å². The Bertz CT molecular complexity index is 647. The van der Waals surface area contributed by atoms with E-state index >= 15 is 0 Å². The fraction of sp³-hybridized carbons (Fsp3) is 0.333. The van der Waals surface area contributed by atoms with Crippen molar-refractivity contribution in [3.8, 4) is 11.3 Å². The average molecular weight is 290 g/mol. The molecule has 0 aliphatic carbocycles. The molecule has 3 rings (SSSR count). The van der Waals surface area contributed by atoms with Gasteiger partial charge in [-0.25, -0.2) is 18.7 Å². The molecule has 1 unspecified atom stereocenters. The third kappa shape index (κ3) is 2.71. The summed E-state index contributed by atoms with van der Waals surface area (Å²) in [5.41, 5.74) is 6.86. The molecule has 110 valence electrons. The lowest BCUT2D eigenvalue weighted by atomic mass is 10.1. The molecule has 2 aromatic rings. The number of rotatable bonds is 3. The van der Waals surface area contributed by atoms with E-state index in [1.54, 1.807) is 12.3 Å². The molecule has 0 amide bonds. The lowest BCUT2D eigenvalue weighted by Crippen LogP contribution is -2.36. The van der Waals surface area contributed by atoms with Gasteiger partial charge in [-0.2, -0.15) is 0 Å². The molecule has 1 fully saturated rings. The molecule has 1 aromatic carbocycles. The lowest BCUT2D eigenvalue weighted by molar-refractivity contribution is 0.509. The highest BCUT2D eigenvalue weighted by molar-refractivity contribution is 5.60. The Morgan fingerprint density at radius 2 is 2.10 bits per heavy atom. The van der Waals surface area contributed by atoms with E-state index in [0.29, 0.717) is 23.8 Å². The normalized spacial score (nSPS) is 18.2. The predicted molar refractivity (Wildman–Crippen MR) is 76.8 cm³/mol. The van der Waals surface area contributed by atoms with Crippen molar-refractivity contribution in [2.75, 3.05) is 18.0 Å². The quantitative estimate of drug-likeness (QED) is 0.942. The van der Waals surface area contributed by atoms with E-state index in [1.807, 2.05) is 0 Å². The summed E-state index contributed by atoms with van der Waals surface area (Å²) < 4.78 is 26.3. The molecule has 2 N–H and O–H groups in total. The van der Waals surface area contributed by atoms with Crippen molar-refractivity contribution in [2.24, 2.45) is 5.73 Å². The zero-order valence-electron chi connectivity index (χ0n) is 11.5. The predicted octanol–water partition coefficient (Wildman–Crippen LogP) is 2.35. The molecule has 1 aliphatic rings. The van der Waals surface area contributed by atoms with Crippen LogP contribution >= 0.6 is 0 Å². The second-order valence-electron chi connectivity index (χ2n) is 5.10. The topological polar surface area (TPSA) is 55.0 Å². The third-order valence-electron chi connectivity index (χ3n) is 3.76. The van der Waals surface area contributed by atoms with Crippen LogP contribution in [0.4, 0.5) is 14.7 Å². The van der Waals surface area contributed by atoms with Crippen LogP contribution in [-0.2, 0) is 0 Å². The van der Waals surface area contributed by atoms with Gasteiger partial charge in [0.05, 0.1) is 5.69 Å². The molecule has 6 heteroatoms. The summed E-state index contributed by atoms with van der Waals surface area (Å²) in [6, 6.07) is 5.68. The Morgan fingerprint density at radius 3 is 2.86 bits per heavy atom. The highest BCUT2D eigenvalue weighted by atomic mass is 19.2. The van der Waals surface area contributed by atoms with Crippen LogP contribution in [0.3, 0.4) is 0 Å². The van der Waals surface area contributed by atoms with Gasteiger partial charge in [0.1, 0.15) is 0 Å². The van der Waals surface area contributed by atoms with Crippen LogP contribution in [0.15, 0.2) is 30.5 Å². The van der Waals surface area contributed by atoms with Gasteiger partial charge in [0.2, 0.25) is 5.95 Å². The van der Waals surface area contributed by atoms with Crippen molar-refractivity contribution >= 4 is 5.95 Å². The number of nitrogens with two attached hydrogens (primary N) is 1. The summed E-state index contributed by atoms with van der Waals surface area (Å²) in [5.74, 6) is -1.16. The van der Waals surface area contributed by atoms with Gasteiger partial charge >= 0.3 is 0 Å². The number of hydrogen-bond acceptors (Lipinski definition) is 4. The molecule has 1 aliphatic heterocycles. The van der Waals surface area contributed by atoms with E-state index in [1.165, 1.54) is 6.07 Å². The van der Waals surface area contributed by atoms with E-state index in [4.69, 9.17) is 5.73 Å². The first-order valence-electron chi connectivity index (χ1n) is 6.94. The number of anilines is 1. The van der Waals surface area contributed by atoms with E-state index in [0.717, 1.165) is 31.5 Å². The smallest absolute Gasteiger partial charge is 0.226 e. The molecule has 2 heterocycles. The first kappa shape index (κ1) is 13.9. The lowest BCUT2D eigenvalue weighted by Gasteiger charge is -2.23. The Labute approximate surface area is 121 Å². The second-order valence-corrected chi connectivity index (χ2v) is 5.10. The Balaban J connectivity index is 1.94. The molecule has 21 heavy (non-hydrogen) atoms. The van der Waals surface area contributed by atoms with E-state index in [-0.39, 0.29) is 6.04 Å². The van der Waals surface area contributed by atoms with Crippen LogP contribution in [-0.4, -0.2) is 29.1 Å². The van der Waals surface area contributed by atoms with Crippen molar-refractivity contribution in [3.05, 3.63) is 42.1 Å². The van der Waals surface area contributed by atoms with Crippen molar-refractivity contribution in [2.45, 2.75) is 18.9 Å². The summed E-state index contributed by atoms with van der Waals surface area (Å²) >= 11 is 0. The number of aromatic nitrogens is 2. The van der Waals surface area contributed by atoms with Crippen LogP contribution < -0.4 is 10.6 Å². The van der Waals surface area contributed by atoms with Gasteiger partial charge in [-0.05, 0) is 37.1 Å². The first-order valence-corrected chi connectivity index (χ1v) is 6.94. The maximum Gasteiger partial charge on any atom is 0.226 e. The minimum Gasteiger partial charge on any atom is -0.337 e. The fourth-order valence-electron chi connectivity index (χ4n) is 2.65. The molecular weight excluding hydrogens is 274 g/mol. The van der Waals surface area contributed by atoms with E-state index in [2.05, 4.69) is 14.9 Å². The molecule has 1 aromatic heterocycles. The van der Waals surface area contributed by atoms with Gasteiger partial charge in [0, 0.05) is 30.9 Å². The molecule has 0 radical (unpaired) electrons. The SMILES string of the molecule is NCC1CCCN1c1nccc(-c2ccc(F)c(F)c2)n1. The Morgan fingerprint density at radius 1 is 1.24 bits per heavy atom. The molecule has 1 atom stereocenters. The standard InChI is InChI=1S/C15H16F2N4/c16-12-4-3-10(8-13(12)17)14-5-6-19-15(20-14)21-7-1-2-11(21)9-18/h3-6,8,11H,1-2,7,9,18H2. The summed E-state index contributed by atoms with van der Waals surface area (Å²) in [4.78, 5) is 10.8. The van der Waals surface area contributed by atoms with Gasteiger partial charge in [-0.1, -0.05) is 0 Å². The fourth-order valence-corrected chi connectivity index (χ4v) is 2.65. The number of hydrogen-bond donors (Lipinski definition) is 1. The van der Waals surface area contributed by atoms with E-state index in [9.17, 15) is 8.78 Å². The molecule has 0 bridgehead atoms. The van der Waals surface area contributed by atoms with Crippen LogP contribution in [0.25, 0.3) is 11.3 Å². The molecule has 1 saturated heterocycles.